The lowest BCUT2D eigenvalue weighted by Gasteiger charge is -2.11. The van der Waals surface area contributed by atoms with E-state index in [0.29, 0.717) is 11.3 Å². The molecule has 0 aliphatic rings. The molecule has 0 amide bonds. The molecule has 6 heteroatoms. The van der Waals surface area contributed by atoms with Crippen LogP contribution in [-0.2, 0) is 0 Å². The van der Waals surface area contributed by atoms with Gasteiger partial charge in [-0.15, -0.1) is 0 Å². The third-order valence-corrected chi connectivity index (χ3v) is 3.33. The summed E-state index contributed by atoms with van der Waals surface area (Å²) in [5.74, 6) is -0.144. The van der Waals surface area contributed by atoms with Crippen molar-refractivity contribution in [1.82, 2.24) is 0 Å². The third kappa shape index (κ3) is 2.71. The van der Waals surface area contributed by atoms with Crippen LogP contribution in [0.25, 0.3) is 0 Å². The van der Waals surface area contributed by atoms with Crippen molar-refractivity contribution >= 4 is 28.9 Å². The number of ether oxygens (including phenoxy) is 1. The molecule has 0 heterocycles. The molecule has 0 radical (unpaired) electrons. The second-order valence-electron chi connectivity index (χ2n) is 3.90. The maximum atomic E-state index is 13.8. The average molecular weight is 314 g/mol. The van der Waals surface area contributed by atoms with Crippen molar-refractivity contribution in [1.29, 1.82) is 0 Å². The Balaban J connectivity index is 2.60. The lowest BCUT2D eigenvalue weighted by molar-refractivity contribution is 0.319. The SMILES string of the molecule is COc1cc(Cl)c(/C(=N/O)c2ccccc2F)cc1Cl. The molecule has 0 bridgehead atoms. The zero-order chi connectivity index (χ0) is 14.7. The van der Waals surface area contributed by atoms with Crippen LogP contribution in [0.1, 0.15) is 11.1 Å². The van der Waals surface area contributed by atoms with E-state index >= 15 is 0 Å². The second-order valence-corrected chi connectivity index (χ2v) is 4.71. The van der Waals surface area contributed by atoms with E-state index in [4.69, 9.17) is 27.9 Å². The van der Waals surface area contributed by atoms with Crippen LogP contribution in [-0.4, -0.2) is 18.0 Å². The summed E-state index contributed by atoms with van der Waals surface area (Å²) in [6, 6.07) is 8.85. The van der Waals surface area contributed by atoms with Gasteiger partial charge in [-0.25, -0.2) is 4.39 Å². The minimum Gasteiger partial charge on any atom is -0.495 e. The van der Waals surface area contributed by atoms with Gasteiger partial charge in [-0.2, -0.15) is 0 Å². The van der Waals surface area contributed by atoms with Crippen LogP contribution in [0.3, 0.4) is 0 Å². The van der Waals surface area contributed by atoms with Crippen molar-refractivity contribution in [3.05, 3.63) is 63.4 Å². The maximum Gasteiger partial charge on any atom is 0.138 e. The van der Waals surface area contributed by atoms with Gasteiger partial charge in [0.05, 0.1) is 17.2 Å². The molecule has 0 saturated heterocycles. The quantitative estimate of drug-likeness (QED) is 0.519. The molecular weight excluding hydrogens is 304 g/mol. The Morgan fingerprint density at radius 2 is 1.85 bits per heavy atom. The van der Waals surface area contributed by atoms with Gasteiger partial charge in [0.25, 0.3) is 0 Å². The number of oxime groups is 1. The van der Waals surface area contributed by atoms with Crippen LogP contribution in [0.4, 0.5) is 4.39 Å². The predicted octanol–water partition coefficient (Wildman–Crippen LogP) is 4.37. The monoisotopic (exact) mass is 313 g/mol. The predicted molar refractivity (Wildman–Crippen MR) is 76.8 cm³/mol. The molecule has 2 aromatic rings. The molecule has 0 spiro atoms. The van der Waals surface area contributed by atoms with Gasteiger partial charge < -0.3 is 9.94 Å². The van der Waals surface area contributed by atoms with Crippen LogP contribution < -0.4 is 4.74 Å². The van der Waals surface area contributed by atoms with Crippen LogP contribution >= 0.6 is 23.2 Å². The van der Waals surface area contributed by atoms with Gasteiger partial charge in [-0.1, -0.05) is 40.5 Å². The average Bonchev–Trinajstić information content (AvgIpc) is 2.45. The van der Waals surface area contributed by atoms with E-state index in [2.05, 4.69) is 5.16 Å². The Hall–Kier alpha value is -1.78. The van der Waals surface area contributed by atoms with Crippen LogP contribution in [0.15, 0.2) is 41.6 Å². The van der Waals surface area contributed by atoms with Crippen LogP contribution in [0.2, 0.25) is 10.0 Å². The lowest BCUT2D eigenvalue weighted by Crippen LogP contribution is -2.07. The molecule has 1 N–H and O–H groups in total. The lowest BCUT2D eigenvalue weighted by atomic mass is 10.0. The fourth-order valence-corrected chi connectivity index (χ4v) is 2.26. The fourth-order valence-electron chi connectivity index (χ4n) is 1.77. The first-order valence-corrected chi connectivity index (χ1v) is 6.34. The molecule has 0 atom stereocenters. The Morgan fingerprint density at radius 3 is 2.45 bits per heavy atom. The van der Waals surface area contributed by atoms with Crippen molar-refractivity contribution in [3.8, 4) is 5.75 Å². The Kier molecular flexibility index (Phi) is 4.47. The molecule has 0 unspecified atom stereocenters. The molecule has 0 saturated carbocycles. The second kappa shape index (κ2) is 6.11. The van der Waals surface area contributed by atoms with E-state index in [-0.39, 0.29) is 21.3 Å². The van der Waals surface area contributed by atoms with Gasteiger partial charge in [0.2, 0.25) is 0 Å². The van der Waals surface area contributed by atoms with Crippen molar-refractivity contribution < 1.29 is 14.3 Å². The van der Waals surface area contributed by atoms with E-state index < -0.39 is 5.82 Å². The van der Waals surface area contributed by atoms with Crippen molar-refractivity contribution in [2.45, 2.75) is 0 Å². The molecule has 20 heavy (non-hydrogen) atoms. The minimum atomic E-state index is -0.525. The first-order chi connectivity index (χ1) is 9.58. The summed E-state index contributed by atoms with van der Waals surface area (Å²) in [6.45, 7) is 0. The summed E-state index contributed by atoms with van der Waals surface area (Å²) >= 11 is 12.1. The summed E-state index contributed by atoms with van der Waals surface area (Å²) in [4.78, 5) is 0. The number of rotatable bonds is 3. The zero-order valence-corrected chi connectivity index (χ0v) is 11.9. The van der Waals surface area contributed by atoms with Crippen molar-refractivity contribution in [3.63, 3.8) is 0 Å². The summed E-state index contributed by atoms with van der Waals surface area (Å²) in [5.41, 5.74) is 0.431. The van der Waals surface area contributed by atoms with Gasteiger partial charge in [0.15, 0.2) is 0 Å². The highest BCUT2D eigenvalue weighted by Gasteiger charge is 2.17. The third-order valence-electron chi connectivity index (χ3n) is 2.73. The molecule has 2 rings (SSSR count). The Morgan fingerprint density at radius 1 is 1.15 bits per heavy atom. The van der Waals surface area contributed by atoms with E-state index in [1.807, 2.05) is 0 Å². The number of halogens is 3. The fraction of sp³-hybridized carbons (Fsp3) is 0.0714. The van der Waals surface area contributed by atoms with E-state index in [9.17, 15) is 9.60 Å². The van der Waals surface area contributed by atoms with Gasteiger partial charge in [-0.05, 0) is 18.2 Å². The summed E-state index contributed by atoms with van der Waals surface area (Å²) in [5, 5.41) is 12.8. The van der Waals surface area contributed by atoms with E-state index in [1.54, 1.807) is 6.07 Å². The Bertz CT molecular complexity index is 674. The highest BCUT2D eigenvalue weighted by molar-refractivity contribution is 6.38. The smallest absolute Gasteiger partial charge is 0.138 e. The molecule has 0 aromatic heterocycles. The summed E-state index contributed by atoms with van der Waals surface area (Å²) in [7, 11) is 1.45. The van der Waals surface area contributed by atoms with E-state index in [0.717, 1.165) is 0 Å². The molecule has 104 valence electrons. The first kappa shape index (κ1) is 14.6. The number of hydrogen-bond donors (Lipinski definition) is 1. The van der Waals surface area contributed by atoms with E-state index in [1.165, 1.54) is 37.4 Å². The molecule has 3 nitrogen and oxygen atoms in total. The van der Waals surface area contributed by atoms with Crippen LogP contribution in [0, 0.1) is 5.82 Å². The summed E-state index contributed by atoms with van der Waals surface area (Å²) < 4.78 is 18.8. The number of methoxy groups -OCH3 is 1. The zero-order valence-electron chi connectivity index (χ0n) is 10.4. The van der Waals surface area contributed by atoms with Crippen molar-refractivity contribution in [2.24, 2.45) is 5.16 Å². The van der Waals surface area contributed by atoms with Crippen LogP contribution in [0.5, 0.6) is 5.75 Å². The molecule has 2 aromatic carbocycles. The largest absolute Gasteiger partial charge is 0.495 e. The molecule has 0 fully saturated rings. The molecule has 0 aliphatic carbocycles. The van der Waals surface area contributed by atoms with Gasteiger partial charge in [-0.3, -0.25) is 0 Å². The van der Waals surface area contributed by atoms with Gasteiger partial charge in [0.1, 0.15) is 17.3 Å². The minimum absolute atomic E-state index is 0.00217. The van der Waals surface area contributed by atoms with Crippen molar-refractivity contribution in [2.75, 3.05) is 7.11 Å². The first-order valence-electron chi connectivity index (χ1n) is 5.58. The van der Waals surface area contributed by atoms with Gasteiger partial charge >= 0.3 is 0 Å². The number of hydrogen-bond acceptors (Lipinski definition) is 3. The maximum absolute atomic E-state index is 13.8. The number of nitrogens with zero attached hydrogens (tertiary/aromatic N) is 1. The normalized spacial score (nSPS) is 11.5. The Labute approximate surface area is 125 Å². The van der Waals surface area contributed by atoms with Gasteiger partial charge in [0, 0.05) is 17.2 Å². The highest BCUT2D eigenvalue weighted by atomic mass is 35.5. The topological polar surface area (TPSA) is 41.8 Å². The highest BCUT2D eigenvalue weighted by Crippen LogP contribution is 2.32. The molecular formula is C14H10Cl2FNO2. The number of benzene rings is 2. The summed E-state index contributed by atoms with van der Waals surface area (Å²) in [6.07, 6.45) is 0. The molecule has 0 aliphatic heterocycles. The standard InChI is InChI=1S/C14H10Cl2FNO2/c1-20-13-7-10(15)9(6-11(13)16)14(18-19)8-4-2-3-5-12(8)17/h2-7,19H,1H3/b18-14+.